The third-order valence-corrected chi connectivity index (χ3v) is 4.43. The number of alkyl halides is 3. The van der Waals surface area contributed by atoms with E-state index in [0.717, 1.165) is 4.90 Å². The summed E-state index contributed by atoms with van der Waals surface area (Å²) in [6.07, 6.45) is -5.59. The van der Waals surface area contributed by atoms with Crippen LogP contribution in [0.15, 0.2) is 18.2 Å². The van der Waals surface area contributed by atoms with Gasteiger partial charge in [0.15, 0.2) is 5.41 Å². The normalized spacial score (nSPS) is 22.0. The Morgan fingerprint density at radius 3 is 2.50 bits per heavy atom. The zero-order valence-electron chi connectivity index (χ0n) is 11.6. The topological polar surface area (TPSA) is 57.6 Å². The second kappa shape index (κ2) is 5.46. The quantitative estimate of drug-likeness (QED) is 0.903. The van der Waals surface area contributed by atoms with E-state index in [2.05, 4.69) is 0 Å². The summed E-state index contributed by atoms with van der Waals surface area (Å²) in [7, 11) is 0. The van der Waals surface area contributed by atoms with Gasteiger partial charge in [-0.05, 0) is 25.0 Å². The van der Waals surface area contributed by atoms with Crippen LogP contribution >= 0.6 is 11.6 Å². The number of carboxylic acids is 1. The average Bonchev–Trinajstić information content (AvgIpc) is 2.87. The molecule has 1 amide bonds. The number of rotatable bonds is 2. The number of halogens is 4. The molecule has 1 unspecified atom stereocenters. The summed E-state index contributed by atoms with van der Waals surface area (Å²) in [5.74, 6) is -2.66. The standard InChI is InChI=1S/C14H13ClF3NO3/c1-8-3-2-4-9(10(8)15)11(20)19-6-5-13(7-19,12(21)22)14(16,17)18/h2-4H,5-7H2,1H3,(H,21,22). The van der Waals surface area contributed by atoms with Gasteiger partial charge in [0.1, 0.15) is 0 Å². The maximum absolute atomic E-state index is 13.1. The maximum Gasteiger partial charge on any atom is 0.406 e. The predicted octanol–water partition coefficient (Wildman–Crippen LogP) is 3.13. The van der Waals surface area contributed by atoms with Crippen molar-refractivity contribution in [2.45, 2.75) is 19.5 Å². The lowest BCUT2D eigenvalue weighted by molar-refractivity contribution is -0.227. The molecular formula is C14H13ClF3NO3. The Morgan fingerprint density at radius 2 is 2.00 bits per heavy atom. The number of aliphatic carboxylic acids is 1. The van der Waals surface area contributed by atoms with E-state index in [0.29, 0.717) is 5.56 Å². The van der Waals surface area contributed by atoms with Crippen molar-refractivity contribution in [3.63, 3.8) is 0 Å². The van der Waals surface area contributed by atoms with Crippen LogP contribution in [0.1, 0.15) is 22.3 Å². The Labute approximate surface area is 129 Å². The number of aryl methyl sites for hydroxylation is 1. The number of carbonyl (C=O) groups is 2. The first kappa shape index (κ1) is 16.6. The molecule has 22 heavy (non-hydrogen) atoms. The van der Waals surface area contributed by atoms with Crippen LogP contribution < -0.4 is 0 Å². The SMILES string of the molecule is Cc1cccc(C(=O)N2CCC(C(=O)O)(C(F)(F)F)C2)c1Cl. The van der Waals surface area contributed by atoms with Gasteiger partial charge in [0.05, 0.1) is 10.6 Å². The molecule has 1 atom stereocenters. The van der Waals surface area contributed by atoms with Gasteiger partial charge in [0.2, 0.25) is 0 Å². The van der Waals surface area contributed by atoms with Crippen LogP contribution in [-0.4, -0.2) is 41.1 Å². The molecule has 0 aromatic heterocycles. The predicted molar refractivity (Wildman–Crippen MR) is 72.8 cm³/mol. The first-order chi connectivity index (χ1) is 10.1. The number of hydrogen-bond acceptors (Lipinski definition) is 2. The van der Waals surface area contributed by atoms with Crippen molar-refractivity contribution < 1.29 is 27.9 Å². The zero-order chi connectivity index (χ0) is 16.7. The van der Waals surface area contributed by atoms with Gasteiger partial charge in [-0.2, -0.15) is 13.2 Å². The molecular weight excluding hydrogens is 323 g/mol. The Bertz CT molecular complexity index is 632. The number of carbonyl (C=O) groups excluding carboxylic acids is 1. The van der Waals surface area contributed by atoms with E-state index in [1.807, 2.05) is 0 Å². The molecule has 8 heteroatoms. The monoisotopic (exact) mass is 335 g/mol. The molecule has 120 valence electrons. The largest absolute Gasteiger partial charge is 0.481 e. The van der Waals surface area contributed by atoms with E-state index in [4.69, 9.17) is 16.7 Å². The molecule has 0 spiro atoms. The molecule has 0 saturated carbocycles. The van der Waals surface area contributed by atoms with Crippen LogP contribution in [0.4, 0.5) is 13.2 Å². The highest BCUT2D eigenvalue weighted by molar-refractivity contribution is 6.34. The van der Waals surface area contributed by atoms with Crippen LogP contribution in [0.5, 0.6) is 0 Å². The maximum atomic E-state index is 13.1. The third kappa shape index (κ3) is 2.54. The lowest BCUT2D eigenvalue weighted by Gasteiger charge is -2.27. The zero-order valence-corrected chi connectivity index (χ0v) is 12.3. The molecule has 1 heterocycles. The first-order valence-electron chi connectivity index (χ1n) is 6.44. The number of nitrogens with zero attached hydrogens (tertiary/aromatic N) is 1. The van der Waals surface area contributed by atoms with Crippen molar-refractivity contribution in [1.82, 2.24) is 4.90 Å². The van der Waals surface area contributed by atoms with E-state index in [1.165, 1.54) is 6.07 Å². The van der Waals surface area contributed by atoms with Crippen LogP contribution in [0.25, 0.3) is 0 Å². The Balaban J connectivity index is 2.31. The molecule has 1 N–H and O–H groups in total. The van der Waals surface area contributed by atoms with E-state index in [1.54, 1.807) is 19.1 Å². The molecule has 4 nitrogen and oxygen atoms in total. The Hall–Kier alpha value is -1.76. The second-order valence-corrected chi connectivity index (χ2v) is 5.68. The summed E-state index contributed by atoms with van der Waals surface area (Å²) in [5.41, 5.74) is -2.23. The molecule has 1 aliphatic heterocycles. The lowest BCUT2D eigenvalue weighted by Crippen LogP contribution is -2.47. The summed E-state index contributed by atoms with van der Waals surface area (Å²) in [4.78, 5) is 24.3. The number of carboxylic acid groups (broad SMARTS) is 1. The molecule has 2 rings (SSSR count). The number of hydrogen-bond donors (Lipinski definition) is 1. The summed E-state index contributed by atoms with van der Waals surface area (Å²) in [6.45, 7) is 0.476. The van der Waals surface area contributed by atoms with Gasteiger partial charge >= 0.3 is 12.1 Å². The molecule has 1 fully saturated rings. The second-order valence-electron chi connectivity index (χ2n) is 5.30. The third-order valence-electron chi connectivity index (χ3n) is 3.93. The average molecular weight is 336 g/mol. The fourth-order valence-corrected chi connectivity index (χ4v) is 2.70. The summed E-state index contributed by atoms with van der Waals surface area (Å²) in [6, 6.07) is 4.64. The summed E-state index contributed by atoms with van der Waals surface area (Å²) < 4.78 is 39.3. The highest BCUT2D eigenvalue weighted by Crippen LogP contribution is 2.46. The highest BCUT2D eigenvalue weighted by Gasteiger charge is 2.64. The van der Waals surface area contributed by atoms with Gasteiger partial charge in [0.25, 0.3) is 5.91 Å². The minimum Gasteiger partial charge on any atom is -0.481 e. The number of amides is 1. The van der Waals surface area contributed by atoms with Crippen molar-refractivity contribution in [3.05, 3.63) is 34.3 Å². The summed E-state index contributed by atoms with van der Waals surface area (Å²) in [5, 5.41) is 9.14. The van der Waals surface area contributed by atoms with E-state index in [9.17, 15) is 22.8 Å². The highest BCUT2D eigenvalue weighted by atomic mass is 35.5. The Morgan fingerprint density at radius 1 is 1.36 bits per heavy atom. The van der Waals surface area contributed by atoms with Gasteiger partial charge in [-0.25, -0.2) is 0 Å². The molecule has 0 bridgehead atoms. The van der Waals surface area contributed by atoms with Gasteiger partial charge in [0, 0.05) is 13.1 Å². The molecule has 1 saturated heterocycles. The van der Waals surface area contributed by atoms with E-state index in [-0.39, 0.29) is 17.1 Å². The minimum atomic E-state index is -4.93. The van der Waals surface area contributed by atoms with Crippen LogP contribution in [-0.2, 0) is 4.79 Å². The van der Waals surface area contributed by atoms with Gasteiger partial charge < -0.3 is 10.0 Å². The van der Waals surface area contributed by atoms with Crippen molar-refractivity contribution in [1.29, 1.82) is 0 Å². The van der Waals surface area contributed by atoms with E-state index >= 15 is 0 Å². The van der Waals surface area contributed by atoms with Crippen molar-refractivity contribution in [2.75, 3.05) is 13.1 Å². The van der Waals surface area contributed by atoms with Gasteiger partial charge in [-0.15, -0.1) is 0 Å². The lowest BCUT2D eigenvalue weighted by atomic mass is 9.86. The Kier molecular flexibility index (Phi) is 4.12. The van der Waals surface area contributed by atoms with Crippen LogP contribution in [0, 0.1) is 12.3 Å². The van der Waals surface area contributed by atoms with Gasteiger partial charge in [-0.1, -0.05) is 23.7 Å². The van der Waals surface area contributed by atoms with Crippen LogP contribution in [0.2, 0.25) is 5.02 Å². The van der Waals surface area contributed by atoms with Gasteiger partial charge in [-0.3, -0.25) is 9.59 Å². The fraction of sp³-hybridized carbons (Fsp3) is 0.429. The van der Waals surface area contributed by atoms with E-state index < -0.39 is 36.4 Å². The summed E-state index contributed by atoms with van der Waals surface area (Å²) >= 11 is 6.00. The van der Waals surface area contributed by atoms with Crippen molar-refractivity contribution in [3.8, 4) is 0 Å². The molecule has 1 aliphatic rings. The molecule has 0 aliphatic carbocycles. The molecule has 0 radical (unpaired) electrons. The fourth-order valence-electron chi connectivity index (χ4n) is 2.49. The van der Waals surface area contributed by atoms with Crippen LogP contribution in [0.3, 0.4) is 0 Å². The molecule has 1 aromatic rings. The minimum absolute atomic E-state index is 0.0741. The number of benzene rings is 1. The van der Waals surface area contributed by atoms with Crippen molar-refractivity contribution >= 4 is 23.5 Å². The molecule has 1 aromatic carbocycles. The smallest absolute Gasteiger partial charge is 0.406 e. The van der Waals surface area contributed by atoms with Crippen molar-refractivity contribution in [2.24, 2.45) is 5.41 Å². The first-order valence-corrected chi connectivity index (χ1v) is 6.82. The number of likely N-dealkylation sites (tertiary alicyclic amines) is 1.